The molecule has 4 rings (SSSR count). The van der Waals surface area contributed by atoms with Crippen molar-refractivity contribution in [3.05, 3.63) is 70.4 Å². The fraction of sp³-hybridized carbons (Fsp3) is 0.318. The fourth-order valence-electron chi connectivity index (χ4n) is 3.98. The number of hydrogen-bond donors (Lipinski definition) is 2. The average Bonchev–Trinajstić information content (AvgIpc) is 3.01. The summed E-state index contributed by atoms with van der Waals surface area (Å²) < 4.78 is 5.51. The standard InChI is InChI=1S/C22H23ClN2O2/c1-13(2)27-21(26)19-12-17-16-6-4-5-7-18(16)24-20(17)22(3,25-19)14-8-10-15(23)11-9-14/h4-11,13,19,24-25H,12H2,1-3H3/t19-,22+/m0/s1. The number of ether oxygens (including phenoxy) is 1. The van der Waals surface area contributed by atoms with Gasteiger partial charge in [-0.2, -0.15) is 0 Å². The number of carbonyl (C=O) groups is 1. The smallest absolute Gasteiger partial charge is 0.323 e. The summed E-state index contributed by atoms with van der Waals surface area (Å²) in [6.45, 7) is 5.84. The first-order chi connectivity index (χ1) is 12.9. The molecule has 27 heavy (non-hydrogen) atoms. The van der Waals surface area contributed by atoms with E-state index in [2.05, 4.69) is 29.4 Å². The number of benzene rings is 2. The summed E-state index contributed by atoms with van der Waals surface area (Å²) >= 11 is 6.09. The van der Waals surface area contributed by atoms with Crippen LogP contribution < -0.4 is 5.32 Å². The number of esters is 1. The molecule has 0 saturated heterocycles. The van der Waals surface area contributed by atoms with Gasteiger partial charge in [0.2, 0.25) is 0 Å². The lowest BCUT2D eigenvalue weighted by atomic mass is 9.80. The van der Waals surface area contributed by atoms with Crippen LogP contribution in [0.3, 0.4) is 0 Å². The molecule has 0 bridgehead atoms. The number of aromatic nitrogens is 1. The fourth-order valence-corrected chi connectivity index (χ4v) is 4.11. The summed E-state index contributed by atoms with van der Waals surface area (Å²) in [5.74, 6) is -0.221. The number of carbonyl (C=O) groups excluding carboxylic acids is 1. The van der Waals surface area contributed by atoms with Gasteiger partial charge in [-0.25, -0.2) is 0 Å². The third-order valence-corrected chi connectivity index (χ3v) is 5.49. The molecule has 0 spiro atoms. The van der Waals surface area contributed by atoms with Crippen molar-refractivity contribution >= 4 is 28.5 Å². The van der Waals surface area contributed by atoms with Gasteiger partial charge in [-0.1, -0.05) is 41.9 Å². The first-order valence-electron chi connectivity index (χ1n) is 9.23. The second-order valence-corrected chi connectivity index (χ2v) is 7.98. The summed E-state index contributed by atoms with van der Waals surface area (Å²) in [6, 6.07) is 15.5. The number of H-pyrrole nitrogens is 1. The number of rotatable bonds is 3. The highest BCUT2D eigenvalue weighted by Crippen LogP contribution is 2.39. The van der Waals surface area contributed by atoms with Crippen molar-refractivity contribution in [1.29, 1.82) is 0 Å². The van der Waals surface area contributed by atoms with E-state index < -0.39 is 11.6 Å². The molecule has 1 aromatic heterocycles. The maximum Gasteiger partial charge on any atom is 0.323 e. The summed E-state index contributed by atoms with van der Waals surface area (Å²) in [7, 11) is 0. The van der Waals surface area contributed by atoms with Gasteiger partial charge in [0.15, 0.2) is 0 Å². The van der Waals surface area contributed by atoms with Gasteiger partial charge in [0.25, 0.3) is 0 Å². The Labute approximate surface area is 163 Å². The first kappa shape index (κ1) is 18.1. The Morgan fingerprint density at radius 2 is 1.89 bits per heavy atom. The minimum Gasteiger partial charge on any atom is -0.462 e. The molecule has 1 aliphatic heterocycles. The van der Waals surface area contributed by atoms with Crippen LogP contribution in [0.2, 0.25) is 5.02 Å². The Balaban J connectivity index is 1.87. The minimum atomic E-state index is -0.558. The molecule has 0 fully saturated rings. The molecule has 0 radical (unpaired) electrons. The molecule has 1 aliphatic rings. The van der Waals surface area contributed by atoms with E-state index >= 15 is 0 Å². The number of aromatic amines is 1. The Morgan fingerprint density at radius 1 is 1.19 bits per heavy atom. The van der Waals surface area contributed by atoms with Crippen molar-refractivity contribution in [3.63, 3.8) is 0 Å². The topological polar surface area (TPSA) is 54.1 Å². The maximum absolute atomic E-state index is 12.7. The zero-order valence-corrected chi connectivity index (χ0v) is 16.4. The molecule has 4 nitrogen and oxygen atoms in total. The number of nitrogens with one attached hydrogen (secondary N) is 2. The van der Waals surface area contributed by atoms with Crippen LogP contribution in [-0.2, 0) is 21.5 Å². The lowest BCUT2D eigenvalue weighted by molar-refractivity contribution is -0.150. The van der Waals surface area contributed by atoms with Crippen molar-refractivity contribution in [1.82, 2.24) is 10.3 Å². The van der Waals surface area contributed by atoms with Gasteiger partial charge >= 0.3 is 5.97 Å². The van der Waals surface area contributed by atoms with Crippen LogP contribution in [0.25, 0.3) is 10.9 Å². The quantitative estimate of drug-likeness (QED) is 0.653. The van der Waals surface area contributed by atoms with Crippen LogP contribution in [-0.4, -0.2) is 23.1 Å². The van der Waals surface area contributed by atoms with Crippen LogP contribution in [0.15, 0.2) is 48.5 Å². The van der Waals surface area contributed by atoms with E-state index in [0.717, 1.165) is 27.7 Å². The third-order valence-electron chi connectivity index (χ3n) is 5.24. The Kier molecular flexibility index (Phi) is 4.49. The first-order valence-corrected chi connectivity index (χ1v) is 9.60. The number of fused-ring (bicyclic) bond motifs is 3. The lowest BCUT2D eigenvalue weighted by Crippen LogP contribution is -2.55. The molecule has 0 saturated carbocycles. The van der Waals surface area contributed by atoms with E-state index in [1.165, 1.54) is 0 Å². The second-order valence-electron chi connectivity index (χ2n) is 7.54. The van der Waals surface area contributed by atoms with Crippen LogP contribution in [0.4, 0.5) is 0 Å². The summed E-state index contributed by atoms with van der Waals surface area (Å²) in [4.78, 5) is 16.3. The number of halogens is 1. The minimum absolute atomic E-state index is 0.148. The van der Waals surface area contributed by atoms with E-state index in [1.807, 2.05) is 50.2 Å². The van der Waals surface area contributed by atoms with Gasteiger partial charge in [0.05, 0.1) is 11.6 Å². The van der Waals surface area contributed by atoms with E-state index in [-0.39, 0.29) is 12.1 Å². The van der Waals surface area contributed by atoms with Crippen LogP contribution in [0.5, 0.6) is 0 Å². The van der Waals surface area contributed by atoms with E-state index in [4.69, 9.17) is 16.3 Å². The van der Waals surface area contributed by atoms with E-state index in [1.54, 1.807) is 0 Å². The molecule has 0 amide bonds. The highest BCUT2D eigenvalue weighted by molar-refractivity contribution is 6.30. The molecule has 0 aliphatic carbocycles. The molecule has 2 atom stereocenters. The maximum atomic E-state index is 12.7. The largest absolute Gasteiger partial charge is 0.462 e. The third kappa shape index (κ3) is 3.13. The van der Waals surface area contributed by atoms with Crippen LogP contribution in [0.1, 0.15) is 37.6 Å². The van der Waals surface area contributed by atoms with Crippen molar-refractivity contribution < 1.29 is 9.53 Å². The van der Waals surface area contributed by atoms with Gasteiger partial charge in [-0.05, 0) is 50.1 Å². The molecule has 140 valence electrons. The highest BCUT2D eigenvalue weighted by Gasteiger charge is 2.42. The second kappa shape index (κ2) is 6.70. The Bertz CT molecular complexity index is 993. The van der Waals surface area contributed by atoms with Crippen molar-refractivity contribution in [2.75, 3.05) is 0 Å². The Morgan fingerprint density at radius 3 is 2.59 bits per heavy atom. The molecule has 2 aromatic carbocycles. The number of para-hydroxylation sites is 1. The average molecular weight is 383 g/mol. The van der Waals surface area contributed by atoms with E-state index in [9.17, 15) is 4.79 Å². The summed E-state index contributed by atoms with van der Waals surface area (Å²) in [5.41, 5.74) is 3.80. The van der Waals surface area contributed by atoms with Gasteiger partial charge in [0, 0.05) is 28.0 Å². The molecular formula is C22H23ClN2O2. The molecule has 0 unspecified atom stereocenters. The van der Waals surface area contributed by atoms with Gasteiger partial charge in [-0.15, -0.1) is 0 Å². The summed E-state index contributed by atoms with van der Waals surface area (Å²) in [6.07, 6.45) is 0.444. The van der Waals surface area contributed by atoms with Crippen LogP contribution in [0, 0.1) is 0 Å². The van der Waals surface area contributed by atoms with Crippen LogP contribution >= 0.6 is 11.6 Å². The molecule has 5 heteroatoms. The number of hydrogen-bond acceptors (Lipinski definition) is 3. The van der Waals surface area contributed by atoms with Crippen molar-refractivity contribution in [2.45, 2.75) is 44.9 Å². The lowest BCUT2D eigenvalue weighted by Gasteiger charge is -2.39. The predicted molar refractivity (Wildman–Crippen MR) is 108 cm³/mol. The molecule has 3 aromatic rings. The summed E-state index contributed by atoms with van der Waals surface area (Å²) in [5, 5.41) is 5.37. The molecular weight excluding hydrogens is 360 g/mol. The van der Waals surface area contributed by atoms with Crippen molar-refractivity contribution in [2.24, 2.45) is 0 Å². The zero-order chi connectivity index (χ0) is 19.2. The van der Waals surface area contributed by atoms with Gasteiger partial charge in [0.1, 0.15) is 6.04 Å². The normalized spacial score (nSPS) is 22.0. The molecule has 2 N–H and O–H groups in total. The SMILES string of the molecule is CC(C)OC(=O)[C@@H]1Cc2c([nH]c3ccccc23)[C@@](C)(c2ccc(Cl)cc2)N1. The van der Waals surface area contributed by atoms with Gasteiger partial charge in [-0.3, -0.25) is 10.1 Å². The highest BCUT2D eigenvalue weighted by atomic mass is 35.5. The van der Waals surface area contributed by atoms with Crippen molar-refractivity contribution in [3.8, 4) is 0 Å². The predicted octanol–water partition coefficient (Wildman–Crippen LogP) is 4.55. The van der Waals surface area contributed by atoms with E-state index in [0.29, 0.717) is 11.4 Å². The Hall–Kier alpha value is -2.30. The monoisotopic (exact) mass is 382 g/mol. The zero-order valence-electron chi connectivity index (χ0n) is 15.7. The molecule has 2 heterocycles. The van der Waals surface area contributed by atoms with Gasteiger partial charge < -0.3 is 9.72 Å².